The summed E-state index contributed by atoms with van der Waals surface area (Å²) in [5.41, 5.74) is 7.66. The molecule has 3 aliphatic rings. The first-order valence-electron chi connectivity index (χ1n) is 9.45. The van der Waals surface area contributed by atoms with Crippen LogP contribution in [-0.2, 0) is 0 Å². The molecule has 1 saturated heterocycles. The minimum Gasteiger partial charge on any atom is -0.491 e. The number of aliphatic imine (C=N–C) groups is 2. The highest BCUT2D eigenvalue weighted by Gasteiger charge is 2.31. The largest absolute Gasteiger partial charge is 0.491 e. The molecule has 0 radical (unpaired) electrons. The van der Waals surface area contributed by atoms with Gasteiger partial charge in [-0.1, -0.05) is 0 Å². The molecule has 3 aliphatic heterocycles. The number of amidine groups is 1. The summed E-state index contributed by atoms with van der Waals surface area (Å²) in [4.78, 5) is 13.2. The molecule has 10 heteroatoms. The van der Waals surface area contributed by atoms with E-state index in [0.717, 1.165) is 44.0 Å². The molecule has 0 spiro atoms. The number of methoxy groups -OCH3 is 1. The average Bonchev–Trinajstić information content (AvgIpc) is 3.17. The van der Waals surface area contributed by atoms with Crippen molar-refractivity contribution in [2.75, 3.05) is 57.9 Å². The van der Waals surface area contributed by atoms with Crippen LogP contribution >= 0.6 is 10.6 Å². The lowest BCUT2D eigenvalue weighted by Crippen LogP contribution is -2.42. The Morgan fingerprint density at radius 1 is 1.21 bits per heavy atom. The molecular formula is C18H27N5O4S. The van der Waals surface area contributed by atoms with Crippen LogP contribution in [0.1, 0.15) is 12.0 Å². The van der Waals surface area contributed by atoms with Crippen LogP contribution in [0.25, 0.3) is 0 Å². The summed E-state index contributed by atoms with van der Waals surface area (Å²) in [5.74, 6) is 3.40. The molecular weight excluding hydrogens is 382 g/mol. The zero-order valence-electron chi connectivity index (χ0n) is 16.0. The van der Waals surface area contributed by atoms with Gasteiger partial charge in [-0.3, -0.25) is 19.0 Å². The van der Waals surface area contributed by atoms with E-state index in [9.17, 15) is 9.11 Å². The van der Waals surface area contributed by atoms with Gasteiger partial charge in [0.05, 0.1) is 31.8 Å². The van der Waals surface area contributed by atoms with Crippen LogP contribution in [0.15, 0.2) is 22.1 Å². The van der Waals surface area contributed by atoms with Gasteiger partial charge in [0.15, 0.2) is 11.5 Å². The van der Waals surface area contributed by atoms with Gasteiger partial charge in [-0.05, 0) is 18.6 Å². The maximum Gasteiger partial charge on any atom is 0.202 e. The van der Waals surface area contributed by atoms with E-state index >= 15 is 0 Å². The highest BCUT2D eigenvalue weighted by Crippen LogP contribution is 2.43. The predicted octanol–water partition coefficient (Wildman–Crippen LogP) is 1.55. The van der Waals surface area contributed by atoms with Gasteiger partial charge in [-0.2, -0.15) is 10.6 Å². The Hall–Kier alpha value is -2.01. The highest BCUT2D eigenvalue weighted by molar-refractivity contribution is 8.24. The molecule has 4 rings (SSSR count). The van der Waals surface area contributed by atoms with Crippen LogP contribution in [-0.4, -0.2) is 88.6 Å². The fourth-order valence-corrected chi connectivity index (χ4v) is 4.99. The standard InChI is InChI=1S/C18H27N5O4S/c1-26-16-14(27-10-2-6-22-8-11-28(24,25)12-9-22)4-3-13-15(16)21-18(19)23-7-5-20-17(13)23/h3-4,24-25H,2,5-12H2,1H3,(H2,19,21). The Labute approximate surface area is 166 Å². The second kappa shape index (κ2) is 7.78. The van der Waals surface area contributed by atoms with Gasteiger partial charge in [0, 0.05) is 31.7 Å². The van der Waals surface area contributed by atoms with Gasteiger partial charge >= 0.3 is 0 Å². The lowest BCUT2D eigenvalue weighted by molar-refractivity contribution is 0.236. The third-order valence-electron chi connectivity index (χ3n) is 5.23. The van der Waals surface area contributed by atoms with E-state index in [1.54, 1.807) is 7.11 Å². The van der Waals surface area contributed by atoms with Gasteiger partial charge in [0.1, 0.15) is 11.5 Å². The minimum absolute atomic E-state index is 0.426. The molecule has 0 saturated carbocycles. The highest BCUT2D eigenvalue weighted by atomic mass is 32.3. The molecule has 1 fully saturated rings. The number of ether oxygens (including phenoxy) is 2. The van der Waals surface area contributed by atoms with Crippen molar-refractivity contribution >= 4 is 28.1 Å². The molecule has 1 aromatic carbocycles. The fraction of sp³-hybridized carbons (Fsp3) is 0.556. The molecule has 28 heavy (non-hydrogen) atoms. The summed E-state index contributed by atoms with van der Waals surface area (Å²) < 4.78 is 30.9. The van der Waals surface area contributed by atoms with E-state index < -0.39 is 10.6 Å². The maximum absolute atomic E-state index is 9.69. The summed E-state index contributed by atoms with van der Waals surface area (Å²) in [6, 6.07) is 3.85. The van der Waals surface area contributed by atoms with Crippen molar-refractivity contribution < 1.29 is 18.6 Å². The number of nitrogens with zero attached hydrogens (tertiary/aromatic N) is 4. The molecule has 0 atom stereocenters. The molecule has 3 heterocycles. The lowest BCUT2D eigenvalue weighted by Gasteiger charge is -2.40. The van der Waals surface area contributed by atoms with Crippen molar-refractivity contribution in [3.05, 3.63) is 17.7 Å². The molecule has 0 aliphatic carbocycles. The van der Waals surface area contributed by atoms with E-state index in [4.69, 9.17) is 15.2 Å². The van der Waals surface area contributed by atoms with Gasteiger partial charge in [0.25, 0.3) is 0 Å². The normalized spacial score (nSPS) is 22.0. The minimum atomic E-state index is -2.34. The van der Waals surface area contributed by atoms with Crippen molar-refractivity contribution in [1.82, 2.24) is 9.80 Å². The number of nitrogens with two attached hydrogens (primary N) is 1. The molecule has 0 aromatic heterocycles. The van der Waals surface area contributed by atoms with Crippen LogP contribution in [0.2, 0.25) is 0 Å². The zero-order chi connectivity index (χ0) is 19.7. The number of rotatable bonds is 6. The molecule has 154 valence electrons. The Kier molecular flexibility index (Phi) is 5.37. The SMILES string of the molecule is COc1c(OCCCN2CCS(O)(O)CC2)ccc2c1N=C(N)N1CCN=C21. The van der Waals surface area contributed by atoms with Crippen LogP contribution < -0.4 is 15.2 Å². The molecule has 0 unspecified atom stereocenters. The predicted molar refractivity (Wildman–Crippen MR) is 112 cm³/mol. The third kappa shape index (κ3) is 3.77. The zero-order valence-corrected chi connectivity index (χ0v) is 16.8. The van der Waals surface area contributed by atoms with E-state index in [-0.39, 0.29) is 0 Å². The van der Waals surface area contributed by atoms with Gasteiger partial charge in [-0.15, -0.1) is 0 Å². The maximum atomic E-state index is 9.69. The fourth-order valence-electron chi connectivity index (χ4n) is 3.69. The van der Waals surface area contributed by atoms with Crippen LogP contribution in [0.5, 0.6) is 11.5 Å². The first-order valence-corrected chi connectivity index (χ1v) is 11.3. The smallest absolute Gasteiger partial charge is 0.202 e. The Balaban J connectivity index is 1.39. The number of fused-ring (bicyclic) bond motifs is 3. The Morgan fingerprint density at radius 3 is 2.75 bits per heavy atom. The molecule has 9 nitrogen and oxygen atoms in total. The summed E-state index contributed by atoms with van der Waals surface area (Å²) >= 11 is 0. The Morgan fingerprint density at radius 2 is 2.00 bits per heavy atom. The van der Waals surface area contributed by atoms with Crippen molar-refractivity contribution in [2.24, 2.45) is 15.7 Å². The number of hydrogen-bond acceptors (Lipinski definition) is 9. The van der Waals surface area contributed by atoms with Crippen molar-refractivity contribution in [3.8, 4) is 11.5 Å². The number of guanidine groups is 1. The van der Waals surface area contributed by atoms with Crippen molar-refractivity contribution in [3.63, 3.8) is 0 Å². The Bertz CT molecular complexity index is 803. The lowest BCUT2D eigenvalue weighted by atomic mass is 10.1. The third-order valence-corrected chi connectivity index (χ3v) is 6.90. The number of benzene rings is 1. The summed E-state index contributed by atoms with van der Waals surface area (Å²) in [5, 5.41) is 0. The molecule has 0 bridgehead atoms. The van der Waals surface area contributed by atoms with Crippen LogP contribution in [0.4, 0.5) is 5.69 Å². The van der Waals surface area contributed by atoms with E-state index in [1.807, 2.05) is 17.0 Å². The number of hydrogen-bond donors (Lipinski definition) is 3. The van der Waals surface area contributed by atoms with Gasteiger partial charge in [0.2, 0.25) is 5.96 Å². The first kappa shape index (κ1) is 19.3. The second-order valence-electron chi connectivity index (χ2n) is 7.07. The van der Waals surface area contributed by atoms with Crippen LogP contribution in [0.3, 0.4) is 0 Å². The van der Waals surface area contributed by atoms with Crippen molar-refractivity contribution in [1.29, 1.82) is 0 Å². The van der Waals surface area contributed by atoms with E-state index in [1.165, 1.54) is 0 Å². The van der Waals surface area contributed by atoms with Gasteiger partial charge < -0.3 is 20.1 Å². The molecule has 1 aromatic rings. The molecule has 0 amide bonds. The average molecular weight is 410 g/mol. The summed E-state index contributed by atoms with van der Waals surface area (Å²) in [6.45, 7) is 4.29. The second-order valence-corrected chi connectivity index (χ2v) is 9.49. The molecule has 4 N–H and O–H groups in total. The quantitative estimate of drug-likeness (QED) is 0.611. The van der Waals surface area contributed by atoms with Crippen molar-refractivity contribution in [2.45, 2.75) is 6.42 Å². The topological polar surface area (TPSA) is 116 Å². The monoisotopic (exact) mass is 409 g/mol. The first-order chi connectivity index (χ1) is 13.5. The summed E-state index contributed by atoms with van der Waals surface area (Å²) in [6.07, 6.45) is 0.839. The van der Waals surface area contributed by atoms with E-state index in [0.29, 0.717) is 47.8 Å². The van der Waals surface area contributed by atoms with Gasteiger partial charge in [-0.25, -0.2) is 4.99 Å². The van der Waals surface area contributed by atoms with E-state index in [2.05, 4.69) is 14.9 Å². The summed E-state index contributed by atoms with van der Waals surface area (Å²) in [7, 11) is -0.743. The van der Waals surface area contributed by atoms with Crippen LogP contribution in [0, 0.1) is 0 Å².